The van der Waals surface area contributed by atoms with Gasteiger partial charge in [-0.05, 0) is 11.6 Å². The summed E-state index contributed by atoms with van der Waals surface area (Å²) in [5.74, 6) is -0.741. The molecule has 2 aromatic carbocycles. The smallest absolute Gasteiger partial charge is 0.269 e. The van der Waals surface area contributed by atoms with E-state index in [1.54, 1.807) is 30.3 Å². The van der Waals surface area contributed by atoms with Gasteiger partial charge < -0.3 is 5.32 Å². The number of benzene rings is 2. The number of nitro benzene ring substituents is 1. The molecule has 1 aliphatic rings. The number of anilines is 1. The van der Waals surface area contributed by atoms with E-state index in [-0.39, 0.29) is 17.7 Å². The normalized spacial score (nSPS) is 20.0. The summed E-state index contributed by atoms with van der Waals surface area (Å²) in [5.41, 5.74) is -1.22. The maximum Gasteiger partial charge on any atom is 0.269 e. The summed E-state index contributed by atoms with van der Waals surface area (Å²) in [6, 6.07) is 12.2. The fraction of sp³-hybridized carbons (Fsp3) is 0.133. The predicted molar refractivity (Wildman–Crippen MR) is 74.7 cm³/mol. The molecule has 2 aromatic rings. The second-order valence-electron chi connectivity index (χ2n) is 4.90. The quantitative estimate of drug-likeness (QED) is 0.696. The summed E-state index contributed by atoms with van der Waals surface area (Å²) in [5, 5.41) is 13.3. The third-order valence-corrected chi connectivity index (χ3v) is 3.53. The molecule has 0 saturated carbocycles. The van der Waals surface area contributed by atoms with Crippen molar-refractivity contribution < 1.29 is 14.1 Å². The molecule has 0 fully saturated rings. The predicted octanol–water partition coefficient (Wildman–Crippen LogP) is 2.95. The number of nitrogens with zero attached hydrogens (tertiary/aromatic N) is 1. The van der Waals surface area contributed by atoms with Crippen LogP contribution in [-0.2, 0) is 16.9 Å². The van der Waals surface area contributed by atoms with Gasteiger partial charge in [-0.3, -0.25) is 14.9 Å². The molecule has 1 amide bonds. The van der Waals surface area contributed by atoms with E-state index in [0.29, 0.717) is 11.3 Å². The molecule has 0 aromatic heterocycles. The van der Waals surface area contributed by atoms with Gasteiger partial charge in [0.1, 0.15) is 0 Å². The highest BCUT2D eigenvalue weighted by Gasteiger charge is 2.47. The van der Waals surface area contributed by atoms with Gasteiger partial charge in [0.05, 0.1) is 4.92 Å². The van der Waals surface area contributed by atoms with E-state index in [0.717, 1.165) is 0 Å². The van der Waals surface area contributed by atoms with Crippen LogP contribution in [0.25, 0.3) is 0 Å². The number of fused-ring (bicyclic) bond motifs is 1. The highest BCUT2D eigenvalue weighted by Crippen LogP contribution is 2.41. The third kappa shape index (κ3) is 2.14. The SMILES string of the molecule is O=C1Nc2ccccc2[C@]1(F)Cc1cccc([N+](=O)[O-])c1. The van der Waals surface area contributed by atoms with E-state index in [9.17, 15) is 14.9 Å². The number of rotatable bonds is 3. The van der Waals surface area contributed by atoms with Crippen molar-refractivity contribution in [3.8, 4) is 0 Å². The Morgan fingerprint density at radius 1 is 1.19 bits per heavy atom. The van der Waals surface area contributed by atoms with Crippen molar-refractivity contribution in [2.45, 2.75) is 12.1 Å². The molecule has 1 aliphatic heterocycles. The van der Waals surface area contributed by atoms with Crippen LogP contribution in [0, 0.1) is 10.1 Å². The topological polar surface area (TPSA) is 72.2 Å². The fourth-order valence-electron chi connectivity index (χ4n) is 2.52. The van der Waals surface area contributed by atoms with Crippen molar-refractivity contribution in [3.63, 3.8) is 0 Å². The molecule has 0 aliphatic carbocycles. The number of para-hydroxylation sites is 1. The van der Waals surface area contributed by atoms with Crippen LogP contribution in [0.3, 0.4) is 0 Å². The molecule has 21 heavy (non-hydrogen) atoms. The number of halogens is 1. The largest absolute Gasteiger partial charge is 0.323 e. The number of alkyl halides is 1. The molecule has 1 heterocycles. The van der Waals surface area contributed by atoms with E-state index >= 15 is 4.39 Å². The lowest BCUT2D eigenvalue weighted by molar-refractivity contribution is -0.384. The number of amides is 1. The van der Waals surface area contributed by atoms with Gasteiger partial charge in [0.2, 0.25) is 5.67 Å². The number of carbonyl (C=O) groups excluding carboxylic acids is 1. The van der Waals surface area contributed by atoms with Crippen molar-refractivity contribution in [1.82, 2.24) is 0 Å². The Kier molecular flexibility index (Phi) is 2.94. The zero-order chi connectivity index (χ0) is 15.0. The third-order valence-electron chi connectivity index (χ3n) is 3.53. The van der Waals surface area contributed by atoms with Crippen molar-refractivity contribution in [3.05, 3.63) is 69.8 Å². The van der Waals surface area contributed by atoms with Crippen LogP contribution in [0.2, 0.25) is 0 Å². The lowest BCUT2D eigenvalue weighted by atomic mass is 9.90. The van der Waals surface area contributed by atoms with Crippen LogP contribution < -0.4 is 5.32 Å². The van der Waals surface area contributed by atoms with E-state index in [1.807, 2.05) is 0 Å². The summed E-state index contributed by atoms with van der Waals surface area (Å²) < 4.78 is 15.1. The molecule has 1 N–H and O–H groups in total. The van der Waals surface area contributed by atoms with Gasteiger partial charge in [-0.15, -0.1) is 0 Å². The van der Waals surface area contributed by atoms with Crippen LogP contribution in [0.5, 0.6) is 0 Å². The molecule has 0 saturated heterocycles. The second kappa shape index (κ2) is 4.66. The summed E-state index contributed by atoms with van der Waals surface area (Å²) >= 11 is 0. The van der Waals surface area contributed by atoms with Crippen LogP contribution in [-0.4, -0.2) is 10.8 Å². The molecule has 0 spiro atoms. The second-order valence-corrected chi connectivity index (χ2v) is 4.90. The van der Waals surface area contributed by atoms with Crippen LogP contribution in [0.4, 0.5) is 15.8 Å². The van der Waals surface area contributed by atoms with Crippen molar-refractivity contribution in [1.29, 1.82) is 0 Å². The van der Waals surface area contributed by atoms with Crippen molar-refractivity contribution >= 4 is 17.3 Å². The number of carbonyl (C=O) groups is 1. The number of non-ortho nitro benzene ring substituents is 1. The van der Waals surface area contributed by atoms with Gasteiger partial charge in [0.25, 0.3) is 11.6 Å². The van der Waals surface area contributed by atoms with Gasteiger partial charge in [-0.25, -0.2) is 4.39 Å². The fourth-order valence-corrected chi connectivity index (χ4v) is 2.52. The molecule has 0 unspecified atom stereocenters. The first-order valence-electron chi connectivity index (χ1n) is 6.34. The molecule has 5 nitrogen and oxygen atoms in total. The van der Waals surface area contributed by atoms with E-state index in [1.165, 1.54) is 18.2 Å². The molecule has 6 heteroatoms. The van der Waals surface area contributed by atoms with Gasteiger partial charge in [-0.2, -0.15) is 0 Å². The first kappa shape index (κ1) is 13.2. The molecule has 3 rings (SSSR count). The number of hydrogen-bond acceptors (Lipinski definition) is 3. The minimum atomic E-state index is -2.20. The summed E-state index contributed by atoms with van der Waals surface area (Å²) in [6.45, 7) is 0. The molecule has 1 atom stereocenters. The Balaban J connectivity index is 1.99. The van der Waals surface area contributed by atoms with Crippen molar-refractivity contribution in [2.75, 3.05) is 5.32 Å². The zero-order valence-electron chi connectivity index (χ0n) is 10.9. The standard InChI is InChI=1S/C15H11FN2O3/c16-15(9-10-4-3-5-11(8-10)18(20)21)12-6-1-2-7-13(12)17-14(15)19/h1-8H,9H2,(H,17,19)/t15-/m1/s1. The maximum atomic E-state index is 15.1. The molecule has 106 valence electrons. The summed E-state index contributed by atoms with van der Waals surface area (Å²) in [7, 11) is 0. The highest BCUT2D eigenvalue weighted by molar-refractivity contribution is 6.05. The van der Waals surface area contributed by atoms with Gasteiger partial charge in [0.15, 0.2) is 0 Å². The van der Waals surface area contributed by atoms with Gasteiger partial charge in [0, 0.05) is 29.8 Å². The maximum absolute atomic E-state index is 15.1. The minimum absolute atomic E-state index is 0.122. The monoisotopic (exact) mass is 286 g/mol. The Hall–Kier alpha value is -2.76. The Morgan fingerprint density at radius 2 is 1.95 bits per heavy atom. The molecule has 0 bridgehead atoms. The molecule has 0 radical (unpaired) electrons. The average Bonchev–Trinajstić information content (AvgIpc) is 2.71. The van der Waals surface area contributed by atoms with Crippen LogP contribution >= 0.6 is 0 Å². The summed E-state index contributed by atoms with van der Waals surface area (Å²) in [6.07, 6.45) is -0.239. The lowest BCUT2D eigenvalue weighted by Crippen LogP contribution is -2.31. The number of nitro groups is 1. The zero-order valence-corrected chi connectivity index (χ0v) is 10.9. The van der Waals surface area contributed by atoms with Crippen LogP contribution in [0.1, 0.15) is 11.1 Å². The Morgan fingerprint density at radius 3 is 2.71 bits per heavy atom. The van der Waals surface area contributed by atoms with Crippen LogP contribution in [0.15, 0.2) is 48.5 Å². The minimum Gasteiger partial charge on any atom is -0.323 e. The number of hydrogen-bond donors (Lipinski definition) is 1. The number of nitrogens with one attached hydrogen (secondary N) is 1. The Labute approximate surface area is 119 Å². The van der Waals surface area contributed by atoms with E-state index in [2.05, 4.69) is 5.32 Å². The molecular weight excluding hydrogens is 275 g/mol. The first-order valence-corrected chi connectivity index (χ1v) is 6.34. The van der Waals surface area contributed by atoms with E-state index < -0.39 is 16.5 Å². The van der Waals surface area contributed by atoms with Gasteiger partial charge >= 0.3 is 0 Å². The lowest BCUT2D eigenvalue weighted by Gasteiger charge is -2.17. The summed E-state index contributed by atoms with van der Waals surface area (Å²) in [4.78, 5) is 22.2. The Bertz CT molecular complexity index is 747. The highest BCUT2D eigenvalue weighted by atomic mass is 19.1. The first-order chi connectivity index (χ1) is 10.0. The average molecular weight is 286 g/mol. The molecular formula is C15H11FN2O3. The van der Waals surface area contributed by atoms with Gasteiger partial charge in [-0.1, -0.05) is 30.3 Å². The van der Waals surface area contributed by atoms with Crippen molar-refractivity contribution in [2.24, 2.45) is 0 Å². The van der Waals surface area contributed by atoms with E-state index in [4.69, 9.17) is 0 Å².